The van der Waals surface area contributed by atoms with E-state index in [1.807, 2.05) is 18.7 Å². The van der Waals surface area contributed by atoms with Gasteiger partial charge in [0.05, 0.1) is 12.3 Å². The molecular formula is C12H22N4O. The number of aryl methyl sites for hydroxylation is 2. The molecule has 2 rings (SSSR count). The zero-order chi connectivity index (χ0) is 12.6. The number of rotatable bonds is 2. The third-order valence-electron chi connectivity index (χ3n) is 3.57. The maximum atomic E-state index is 9.49. The molecule has 0 bridgehead atoms. The van der Waals surface area contributed by atoms with Gasteiger partial charge in [-0.3, -0.25) is 4.68 Å². The molecule has 0 aromatic carbocycles. The first-order valence-corrected chi connectivity index (χ1v) is 6.13. The van der Waals surface area contributed by atoms with Crippen molar-refractivity contribution in [1.82, 2.24) is 14.7 Å². The lowest BCUT2D eigenvalue weighted by molar-refractivity contribution is 0.267. The van der Waals surface area contributed by atoms with Crippen LogP contribution in [0.1, 0.15) is 18.2 Å². The summed E-state index contributed by atoms with van der Waals surface area (Å²) in [5, 5.41) is 13.9. The Balaban J connectivity index is 2.33. The van der Waals surface area contributed by atoms with E-state index in [0.29, 0.717) is 6.04 Å². The fraction of sp³-hybridized carbons (Fsp3) is 0.750. The van der Waals surface area contributed by atoms with E-state index in [0.717, 1.165) is 36.7 Å². The van der Waals surface area contributed by atoms with E-state index >= 15 is 0 Å². The Labute approximate surface area is 103 Å². The van der Waals surface area contributed by atoms with Gasteiger partial charge in [-0.1, -0.05) is 0 Å². The van der Waals surface area contributed by atoms with Crippen LogP contribution in [-0.2, 0) is 13.7 Å². The summed E-state index contributed by atoms with van der Waals surface area (Å²) in [4.78, 5) is 4.69. The van der Waals surface area contributed by atoms with Crippen LogP contribution in [0.5, 0.6) is 0 Å². The third-order valence-corrected chi connectivity index (χ3v) is 3.57. The van der Waals surface area contributed by atoms with Gasteiger partial charge in [-0.2, -0.15) is 5.10 Å². The smallest absolute Gasteiger partial charge is 0.132 e. The number of nitrogens with zero attached hydrogens (tertiary/aromatic N) is 4. The van der Waals surface area contributed by atoms with Gasteiger partial charge in [-0.15, -0.1) is 0 Å². The van der Waals surface area contributed by atoms with Crippen LogP contribution in [0.4, 0.5) is 5.82 Å². The fourth-order valence-electron chi connectivity index (χ4n) is 2.69. The van der Waals surface area contributed by atoms with E-state index in [1.54, 1.807) is 0 Å². The normalized spacial score (nSPS) is 22.2. The van der Waals surface area contributed by atoms with E-state index in [2.05, 4.69) is 28.9 Å². The molecule has 0 spiro atoms. The highest BCUT2D eigenvalue weighted by Gasteiger charge is 2.26. The molecule has 1 aliphatic rings. The van der Waals surface area contributed by atoms with Crippen molar-refractivity contribution in [3.8, 4) is 0 Å². The molecule has 5 nitrogen and oxygen atoms in total. The second kappa shape index (κ2) is 4.66. The van der Waals surface area contributed by atoms with Crippen molar-refractivity contribution in [3.63, 3.8) is 0 Å². The second-order valence-electron chi connectivity index (χ2n) is 4.97. The molecule has 0 radical (unpaired) electrons. The summed E-state index contributed by atoms with van der Waals surface area (Å²) in [5.41, 5.74) is 1.89. The first-order valence-electron chi connectivity index (χ1n) is 6.13. The third kappa shape index (κ3) is 2.17. The maximum absolute atomic E-state index is 9.49. The summed E-state index contributed by atoms with van der Waals surface area (Å²) < 4.78 is 1.89. The van der Waals surface area contributed by atoms with Crippen molar-refractivity contribution in [2.24, 2.45) is 7.05 Å². The van der Waals surface area contributed by atoms with E-state index in [-0.39, 0.29) is 6.61 Å². The minimum Gasteiger partial charge on any atom is -0.391 e. The predicted octanol–water partition coefficient (Wildman–Crippen LogP) is 0.361. The molecule has 5 heteroatoms. The van der Waals surface area contributed by atoms with Crippen LogP contribution in [0.3, 0.4) is 0 Å². The average molecular weight is 238 g/mol. The lowest BCUT2D eigenvalue weighted by atomic mass is 10.1. The Morgan fingerprint density at radius 3 is 2.65 bits per heavy atom. The van der Waals surface area contributed by atoms with Gasteiger partial charge in [-0.25, -0.2) is 0 Å². The van der Waals surface area contributed by atoms with Crippen LogP contribution in [0.2, 0.25) is 0 Å². The Hall–Kier alpha value is -1.07. The van der Waals surface area contributed by atoms with Crippen molar-refractivity contribution in [2.75, 3.05) is 31.6 Å². The maximum Gasteiger partial charge on any atom is 0.132 e. The lowest BCUT2D eigenvalue weighted by Crippen LogP contribution is -2.51. The fourth-order valence-corrected chi connectivity index (χ4v) is 2.69. The lowest BCUT2D eigenvalue weighted by Gasteiger charge is -2.39. The molecule has 1 saturated heterocycles. The van der Waals surface area contributed by atoms with Crippen molar-refractivity contribution in [2.45, 2.75) is 26.5 Å². The minimum atomic E-state index is 0.0636. The molecule has 1 atom stereocenters. The molecule has 1 aromatic rings. The number of likely N-dealkylation sites (N-methyl/N-ethyl adjacent to an activating group) is 1. The molecule has 1 aliphatic heterocycles. The van der Waals surface area contributed by atoms with Crippen LogP contribution >= 0.6 is 0 Å². The van der Waals surface area contributed by atoms with Crippen LogP contribution < -0.4 is 4.90 Å². The Morgan fingerprint density at radius 2 is 2.06 bits per heavy atom. The zero-order valence-corrected chi connectivity index (χ0v) is 11.1. The summed E-state index contributed by atoms with van der Waals surface area (Å²) in [5.74, 6) is 1.07. The van der Waals surface area contributed by atoms with Crippen molar-refractivity contribution in [3.05, 3.63) is 11.3 Å². The Morgan fingerprint density at radius 1 is 1.35 bits per heavy atom. The van der Waals surface area contributed by atoms with Crippen molar-refractivity contribution < 1.29 is 5.11 Å². The quantitative estimate of drug-likeness (QED) is 0.808. The highest BCUT2D eigenvalue weighted by Crippen LogP contribution is 2.26. The monoisotopic (exact) mass is 238 g/mol. The number of anilines is 1. The summed E-state index contributed by atoms with van der Waals surface area (Å²) in [6, 6.07) is 0.453. The standard InChI is InChI=1S/C12H22N4O/c1-9-7-14(3)5-6-16(9)12-11(8-17)10(2)13-15(12)4/h9,17H,5-8H2,1-4H3. The SMILES string of the molecule is Cc1nn(C)c(N2CCN(C)CC2C)c1CO. The molecule has 0 saturated carbocycles. The van der Waals surface area contributed by atoms with Crippen LogP contribution in [0.15, 0.2) is 0 Å². The summed E-state index contributed by atoms with van der Waals surface area (Å²) in [7, 11) is 4.10. The number of aromatic nitrogens is 2. The largest absolute Gasteiger partial charge is 0.391 e. The van der Waals surface area contributed by atoms with Gasteiger partial charge in [0.2, 0.25) is 0 Å². The van der Waals surface area contributed by atoms with Crippen molar-refractivity contribution >= 4 is 5.82 Å². The van der Waals surface area contributed by atoms with Gasteiger partial charge in [0, 0.05) is 38.3 Å². The molecule has 1 N–H and O–H groups in total. The number of aliphatic hydroxyl groups is 1. The van der Waals surface area contributed by atoms with Gasteiger partial charge in [0.25, 0.3) is 0 Å². The number of hydrogen-bond donors (Lipinski definition) is 1. The summed E-state index contributed by atoms with van der Waals surface area (Å²) in [6.07, 6.45) is 0. The molecular weight excluding hydrogens is 216 g/mol. The van der Waals surface area contributed by atoms with Crippen molar-refractivity contribution in [1.29, 1.82) is 0 Å². The van der Waals surface area contributed by atoms with Gasteiger partial charge in [-0.05, 0) is 20.9 Å². The molecule has 1 fully saturated rings. The second-order valence-corrected chi connectivity index (χ2v) is 4.97. The molecule has 1 unspecified atom stereocenters. The zero-order valence-electron chi connectivity index (χ0n) is 11.1. The first kappa shape index (κ1) is 12.4. The number of hydrogen-bond acceptors (Lipinski definition) is 4. The Bertz CT molecular complexity index is 401. The molecule has 1 aromatic heterocycles. The molecule has 0 aliphatic carbocycles. The van der Waals surface area contributed by atoms with E-state index in [9.17, 15) is 5.11 Å². The number of piperazine rings is 1. The molecule has 0 amide bonds. The molecule has 17 heavy (non-hydrogen) atoms. The van der Waals surface area contributed by atoms with Crippen LogP contribution in [0, 0.1) is 6.92 Å². The summed E-state index contributed by atoms with van der Waals surface area (Å²) in [6.45, 7) is 7.33. The van der Waals surface area contributed by atoms with E-state index in [1.165, 1.54) is 0 Å². The van der Waals surface area contributed by atoms with Gasteiger partial charge in [0.1, 0.15) is 5.82 Å². The highest BCUT2D eigenvalue weighted by molar-refractivity contribution is 5.51. The van der Waals surface area contributed by atoms with Gasteiger partial charge < -0.3 is 14.9 Å². The molecule has 2 heterocycles. The molecule has 96 valence electrons. The Kier molecular flexibility index (Phi) is 3.40. The average Bonchev–Trinajstić information content (AvgIpc) is 2.53. The number of aliphatic hydroxyl groups excluding tert-OH is 1. The summed E-state index contributed by atoms with van der Waals surface area (Å²) >= 11 is 0. The van der Waals surface area contributed by atoms with E-state index in [4.69, 9.17) is 0 Å². The predicted molar refractivity (Wildman–Crippen MR) is 68.2 cm³/mol. The van der Waals surface area contributed by atoms with Crippen LogP contribution in [-0.4, -0.2) is 52.5 Å². The van der Waals surface area contributed by atoms with E-state index < -0.39 is 0 Å². The van der Waals surface area contributed by atoms with Gasteiger partial charge >= 0.3 is 0 Å². The highest BCUT2D eigenvalue weighted by atomic mass is 16.3. The van der Waals surface area contributed by atoms with Gasteiger partial charge in [0.15, 0.2) is 0 Å². The van der Waals surface area contributed by atoms with Crippen LogP contribution in [0.25, 0.3) is 0 Å². The first-order chi connectivity index (χ1) is 8.04. The topological polar surface area (TPSA) is 44.5 Å². The minimum absolute atomic E-state index is 0.0636.